The number of hydrogen-bond acceptors (Lipinski definition) is 4. The fourth-order valence-electron chi connectivity index (χ4n) is 2.19. The highest BCUT2D eigenvalue weighted by atomic mass is 17.2. The lowest BCUT2D eigenvalue weighted by Gasteiger charge is -2.05. The quantitative estimate of drug-likeness (QED) is 0.312. The summed E-state index contributed by atoms with van der Waals surface area (Å²) in [7, 11) is 1.56. The number of unbranched alkanes of at least 4 members (excludes halogenated alkanes) is 7. The fourth-order valence-corrected chi connectivity index (χ4v) is 2.19. The molecule has 4 heteroatoms. The molecule has 0 unspecified atom stereocenters. The maximum atomic E-state index is 11.7. The topological polar surface area (TPSA) is 44.8 Å². The van der Waals surface area contributed by atoms with Crippen LogP contribution in [0.1, 0.15) is 68.6 Å². The van der Waals surface area contributed by atoms with Crippen molar-refractivity contribution in [3.8, 4) is 5.75 Å². The zero-order valence-electron chi connectivity index (χ0n) is 13.8. The third-order valence-electron chi connectivity index (χ3n) is 3.52. The van der Waals surface area contributed by atoms with Crippen LogP contribution >= 0.6 is 0 Å². The molecule has 0 radical (unpaired) electrons. The predicted molar refractivity (Wildman–Crippen MR) is 87.0 cm³/mol. The van der Waals surface area contributed by atoms with Crippen LogP contribution in [-0.4, -0.2) is 19.7 Å². The third kappa shape index (κ3) is 8.03. The van der Waals surface area contributed by atoms with E-state index in [0.717, 1.165) is 12.8 Å². The Morgan fingerprint density at radius 2 is 1.68 bits per heavy atom. The van der Waals surface area contributed by atoms with Gasteiger partial charge in [0, 0.05) is 0 Å². The normalized spacial score (nSPS) is 10.5. The zero-order valence-corrected chi connectivity index (χ0v) is 13.8. The van der Waals surface area contributed by atoms with E-state index >= 15 is 0 Å². The molecule has 124 valence electrons. The second kappa shape index (κ2) is 12.0. The minimum absolute atomic E-state index is 0.426. The Kier molecular flexibility index (Phi) is 10.1. The van der Waals surface area contributed by atoms with Crippen molar-refractivity contribution in [2.24, 2.45) is 0 Å². The SMILES string of the molecule is CCCCCCCCCCOOC(=O)c1cccc(OC)c1. The van der Waals surface area contributed by atoms with Gasteiger partial charge in [0.05, 0.1) is 19.3 Å². The maximum absolute atomic E-state index is 11.7. The van der Waals surface area contributed by atoms with Crippen molar-refractivity contribution in [2.45, 2.75) is 58.3 Å². The molecule has 0 fully saturated rings. The van der Waals surface area contributed by atoms with Crippen LogP contribution in [0.2, 0.25) is 0 Å². The molecule has 0 N–H and O–H groups in total. The summed E-state index contributed by atoms with van der Waals surface area (Å²) in [5.41, 5.74) is 0.426. The summed E-state index contributed by atoms with van der Waals surface area (Å²) in [6.07, 6.45) is 9.81. The van der Waals surface area contributed by atoms with Gasteiger partial charge in [-0.25, -0.2) is 4.79 Å². The molecule has 0 aromatic heterocycles. The van der Waals surface area contributed by atoms with Crippen LogP contribution in [0.3, 0.4) is 0 Å². The average molecular weight is 308 g/mol. The average Bonchev–Trinajstić information content (AvgIpc) is 2.56. The molecule has 1 rings (SSSR count). The molecule has 0 amide bonds. The standard InChI is InChI=1S/C18H28O4/c1-3-4-5-6-7-8-9-10-14-21-22-18(19)16-12-11-13-17(15-16)20-2/h11-13,15H,3-10,14H2,1-2H3. The van der Waals surface area contributed by atoms with Gasteiger partial charge in [0.15, 0.2) is 0 Å². The molecule has 0 atom stereocenters. The molecule has 1 aromatic rings. The summed E-state index contributed by atoms with van der Waals surface area (Å²) in [6, 6.07) is 6.82. The zero-order chi connectivity index (χ0) is 16.0. The van der Waals surface area contributed by atoms with Crippen molar-refractivity contribution in [3.63, 3.8) is 0 Å². The van der Waals surface area contributed by atoms with Gasteiger partial charge < -0.3 is 4.74 Å². The summed E-state index contributed by atoms with van der Waals surface area (Å²) in [4.78, 5) is 21.5. The molecular formula is C18H28O4. The molecule has 22 heavy (non-hydrogen) atoms. The number of methoxy groups -OCH3 is 1. The van der Waals surface area contributed by atoms with E-state index in [4.69, 9.17) is 14.5 Å². The van der Waals surface area contributed by atoms with Gasteiger partial charge in [-0.15, -0.1) is 0 Å². The van der Waals surface area contributed by atoms with E-state index in [9.17, 15) is 4.79 Å². The van der Waals surface area contributed by atoms with Gasteiger partial charge >= 0.3 is 5.97 Å². The first-order valence-corrected chi connectivity index (χ1v) is 8.25. The number of carbonyl (C=O) groups excluding carboxylic acids is 1. The van der Waals surface area contributed by atoms with Crippen LogP contribution in [0.15, 0.2) is 24.3 Å². The minimum Gasteiger partial charge on any atom is -0.497 e. The molecule has 1 aromatic carbocycles. The first-order chi connectivity index (χ1) is 10.8. The van der Waals surface area contributed by atoms with Crippen molar-refractivity contribution in [1.29, 1.82) is 0 Å². The van der Waals surface area contributed by atoms with Crippen LogP contribution in [0.5, 0.6) is 5.75 Å². The Balaban J connectivity index is 2.03. The number of ether oxygens (including phenoxy) is 1. The third-order valence-corrected chi connectivity index (χ3v) is 3.52. The highest BCUT2D eigenvalue weighted by molar-refractivity contribution is 5.89. The van der Waals surface area contributed by atoms with Crippen LogP contribution in [-0.2, 0) is 9.78 Å². The molecule has 0 saturated carbocycles. The second-order valence-electron chi connectivity index (χ2n) is 5.40. The number of hydrogen-bond donors (Lipinski definition) is 0. The van der Waals surface area contributed by atoms with Crippen LogP contribution < -0.4 is 4.74 Å². The van der Waals surface area contributed by atoms with Gasteiger partial charge in [-0.3, -0.25) is 4.89 Å². The van der Waals surface area contributed by atoms with Gasteiger partial charge in [0.25, 0.3) is 0 Å². The van der Waals surface area contributed by atoms with Crippen LogP contribution in [0.4, 0.5) is 0 Å². The van der Waals surface area contributed by atoms with Gasteiger partial charge in [0.2, 0.25) is 0 Å². The first-order valence-electron chi connectivity index (χ1n) is 8.25. The molecule has 0 saturated heterocycles. The molecule has 0 aliphatic carbocycles. The Bertz CT molecular complexity index is 417. The Morgan fingerprint density at radius 1 is 1.00 bits per heavy atom. The largest absolute Gasteiger partial charge is 0.497 e. The van der Waals surface area contributed by atoms with Crippen molar-refractivity contribution >= 4 is 5.97 Å². The van der Waals surface area contributed by atoms with E-state index in [0.29, 0.717) is 17.9 Å². The smallest absolute Gasteiger partial charge is 0.373 e. The number of carbonyl (C=O) groups is 1. The van der Waals surface area contributed by atoms with E-state index in [-0.39, 0.29) is 0 Å². The lowest BCUT2D eigenvalue weighted by Crippen LogP contribution is -2.07. The summed E-state index contributed by atoms with van der Waals surface area (Å²) in [5.74, 6) is 0.135. The maximum Gasteiger partial charge on any atom is 0.373 e. The van der Waals surface area contributed by atoms with Crippen molar-refractivity contribution in [3.05, 3.63) is 29.8 Å². The van der Waals surface area contributed by atoms with Crippen LogP contribution in [0, 0.1) is 0 Å². The highest BCUT2D eigenvalue weighted by Crippen LogP contribution is 2.13. The highest BCUT2D eigenvalue weighted by Gasteiger charge is 2.09. The Labute approximate surface area is 133 Å². The minimum atomic E-state index is -0.488. The lowest BCUT2D eigenvalue weighted by atomic mass is 10.1. The van der Waals surface area contributed by atoms with Gasteiger partial charge in [0.1, 0.15) is 5.75 Å². The van der Waals surface area contributed by atoms with Crippen LogP contribution in [0.25, 0.3) is 0 Å². The van der Waals surface area contributed by atoms with E-state index in [1.807, 2.05) is 0 Å². The molecule has 0 aliphatic heterocycles. The predicted octanol–water partition coefficient (Wildman–Crippen LogP) is 4.92. The van der Waals surface area contributed by atoms with Crippen molar-refractivity contribution in [1.82, 2.24) is 0 Å². The van der Waals surface area contributed by atoms with E-state index < -0.39 is 5.97 Å². The van der Waals surface area contributed by atoms with E-state index in [2.05, 4.69) is 6.92 Å². The van der Waals surface area contributed by atoms with Crippen molar-refractivity contribution in [2.75, 3.05) is 13.7 Å². The molecule has 0 aliphatic rings. The summed E-state index contributed by atoms with van der Waals surface area (Å²) in [6.45, 7) is 2.68. The van der Waals surface area contributed by atoms with E-state index in [1.165, 1.54) is 38.5 Å². The summed E-state index contributed by atoms with van der Waals surface area (Å²) < 4.78 is 5.06. The molecule has 0 spiro atoms. The fraction of sp³-hybridized carbons (Fsp3) is 0.611. The number of benzene rings is 1. The summed E-state index contributed by atoms with van der Waals surface area (Å²) in [5, 5.41) is 0. The van der Waals surface area contributed by atoms with Gasteiger partial charge in [-0.2, -0.15) is 4.89 Å². The van der Waals surface area contributed by atoms with Crippen molar-refractivity contribution < 1.29 is 19.3 Å². The van der Waals surface area contributed by atoms with Gasteiger partial charge in [-0.05, 0) is 24.6 Å². The molecule has 0 bridgehead atoms. The molecular weight excluding hydrogens is 280 g/mol. The number of rotatable bonds is 12. The monoisotopic (exact) mass is 308 g/mol. The Hall–Kier alpha value is -1.55. The molecule has 0 heterocycles. The molecule has 4 nitrogen and oxygen atoms in total. The second-order valence-corrected chi connectivity index (χ2v) is 5.40. The van der Waals surface area contributed by atoms with Gasteiger partial charge in [-0.1, -0.05) is 57.9 Å². The summed E-state index contributed by atoms with van der Waals surface area (Å²) >= 11 is 0. The lowest BCUT2D eigenvalue weighted by molar-refractivity contribution is -0.241. The van der Waals surface area contributed by atoms with E-state index in [1.54, 1.807) is 31.4 Å². The Morgan fingerprint density at radius 3 is 2.36 bits per heavy atom. The first kappa shape index (κ1) is 18.5.